The number of nitrogens with zero attached hydrogens (tertiary/aromatic N) is 2. The maximum Gasteiger partial charge on any atom is 0.241 e. The van der Waals surface area contributed by atoms with Gasteiger partial charge >= 0.3 is 0 Å². The normalized spacial score (nSPS) is 16.4. The molecule has 0 bridgehead atoms. The molecule has 2 aromatic rings. The van der Waals surface area contributed by atoms with Gasteiger partial charge in [-0.25, -0.2) is 4.39 Å². The third-order valence-corrected chi connectivity index (χ3v) is 5.16. The fraction of sp³-hybridized carbons (Fsp3) is 0.381. The van der Waals surface area contributed by atoms with E-state index in [9.17, 15) is 9.18 Å². The molecule has 1 fully saturated rings. The highest BCUT2D eigenvalue weighted by molar-refractivity contribution is 5.95. The van der Waals surface area contributed by atoms with E-state index in [-0.39, 0.29) is 17.8 Å². The van der Waals surface area contributed by atoms with Crippen molar-refractivity contribution in [3.63, 3.8) is 0 Å². The zero-order valence-electron chi connectivity index (χ0n) is 15.6. The van der Waals surface area contributed by atoms with Crippen LogP contribution in [0.15, 0.2) is 42.5 Å². The highest BCUT2D eigenvalue weighted by Gasteiger charge is 2.26. The van der Waals surface area contributed by atoms with Crippen molar-refractivity contribution >= 4 is 17.3 Å². The van der Waals surface area contributed by atoms with Gasteiger partial charge in [-0.3, -0.25) is 9.69 Å². The van der Waals surface area contributed by atoms with Crippen molar-refractivity contribution in [3.8, 4) is 0 Å². The first-order valence-electron chi connectivity index (χ1n) is 9.07. The van der Waals surface area contributed by atoms with Gasteiger partial charge in [-0.15, -0.1) is 0 Å². The van der Waals surface area contributed by atoms with Crippen molar-refractivity contribution in [1.82, 2.24) is 4.90 Å². The summed E-state index contributed by atoms with van der Waals surface area (Å²) in [6.07, 6.45) is 0. The Balaban J connectivity index is 1.58. The van der Waals surface area contributed by atoms with Crippen LogP contribution in [-0.2, 0) is 4.79 Å². The Morgan fingerprint density at radius 3 is 2.15 bits per heavy atom. The van der Waals surface area contributed by atoms with Crippen LogP contribution in [0.4, 0.5) is 15.8 Å². The molecule has 2 aromatic carbocycles. The smallest absolute Gasteiger partial charge is 0.241 e. The molecule has 1 N–H and O–H groups in total. The summed E-state index contributed by atoms with van der Waals surface area (Å²) in [5, 5.41) is 3.09. The molecule has 1 aliphatic heterocycles. The average Bonchev–Trinajstić information content (AvgIpc) is 2.65. The summed E-state index contributed by atoms with van der Waals surface area (Å²) in [5.74, 6) is -0.193. The molecule has 4 nitrogen and oxygen atoms in total. The number of hydrogen-bond donors (Lipinski definition) is 1. The average molecular weight is 355 g/mol. The van der Waals surface area contributed by atoms with E-state index in [1.165, 1.54) is 12.1 Å². The fourth-order valence-corrected chi connectivity index (χ4v) is 3.42. The molecule has 1 heterocycles. The zero-order valence-corrected chi connectivity index (χ0v) is 15.6. The van der Waals surface area contributed by atoms with E-state index in [0.717, 1.165) is 48.7 Å². The van der Waals surface area contributed by atoms with Crippen LogP contribution >= 0.6 is 0 Å². The number of anilines is 2. The number of aryl methyl sites for hydroxylation is 2. The summed E-state index contributed by atoms with van der Waals surface area (Å²) in [7, 11) is 0. The molecule has 3 rings (SSSR count). The summed E-state index contributed by atoms with van der Waals surface area (Å²) in [5.41, 5.74) is 4.09. The van der Waals surface area contributed by atoms with Crippen LogP contribution in [0.1, 0.15) is 18.1 Å². The molecule has 0 aliphatic carbocycles. The van der Waals surface area contributed by atoms with Gasteiger partial charge in [-0.05, 0) is 56.2 Å². The van der Waals surface area contributed by atoms with Crippen molar-refractivity contribution in [2.24, 2.45) is 0 Å². The zero-order chi connectivity index (χ0) is 18.7. The van der Waals surface area contributed by atoms with Crippen molar-refractivity contribution in [2.45, 2.75) is 26.8 Å². The Morgan fingerprint density at radius 2 is 1.58 bits per heavy atom. The lowest BCUT2D eigenvalue weighted by molar-refractivity contribution is -0.120. The highest BCUT2D eigenvalue weighted by Crippen LogP contribution is 2.21. The summed E-state index contributed by atoms with van der Waals surface area (Å²) in [6.45, 7) is 9.23. The van der Waals surface area contributed by atoms with Gasteiger partial charge < -0.3 is 10.2 Å². The van der Waals surface area contributed by atoms with Gasteiger partial charge in [0.25, 0.3) is 0 Å². The number of rotatable bonds is 4. The molecule has 0 spiro atoms. The lowest BCUT2D eigenvalue weighted by Gasteiger charge is -2.38. The van der Waals surface area contributed by atoms with Crippen LogP contribution in [0.2, 0.25) is 0 Å². The van der Waals surface area contributed by atoms with E-state index in [4.69, 9.17) is 0 Å². The minimum Gasteiger partial charge on any atom is -0.369 e. The minimum absolute atomic E-state index is 0.0256. The minimum atomic E-state index is -0.218. The fourth-order valence-electron chi connectivity index (χ4n) is 3.42. The Labute approximate surface area is 154 Å². The number of carbonyl (C=O) groups is 1. The van der Waals surface area contributed by atoms with Crippen LogP contribution in [0.25, 0.3) is 0 Å². The maximum atomic E-state index is 13.1. The predicted molar refractivity (Wildman–Crippen MR) is 104 cm³/mol. The van der Waals surface area contributed by atoms with Crippen molar-refractivity contribution in [2.75, 3.05) is 36.4 Å². The molecule has 0 radical (unpaired) electrons. The topological polar surface area (TPSA) is 35.6 Å². The summed E-state index contributed by atoms with van der Waals surface area (Å²) >= 11 is 0. The van der Waals surface area contributed by atoms with Crippen LogP contribution in [0, 0.1) is 19.7 Å². The summed E-state index contributed by atoms with van der Waals surface area (Å²) < 4.78 is 13.1. The van der Waals surface area contributed by atoms with Gasteiger partial charge in [0, 0.05) is 37.6 Å². The van der Waals surface area contributed by atoms with Crippen molar-refractivity contribution < 1.29 is 9.18 Å². The van der Waals surface area contributed by atoms with Crippen molar-refractivity contribution in [1.29, 1.82) is 0 Å². The van der Waals surface area contributed by atoms with Crippen LogP contribution in [-0.4, -0.2) is 43.0 Å². The van der Waals surface area contributed by atoms with Gasteiger partial charge in [-0.1, -0.05) is 18.2 Å². The molecule has 0 aromatic heterocycles. The number of amides is 1. The highest BCUT2D eigenvalue weighted by atomic mass is 19.1. The number of piperazine rings is 1. The third-order valence-electron chi connectivity index (χ3n) is 5.16. The van der Waals surface area contributed by atoms with Gasteiger partial charge in [0.2, 0.25) is 5.91 Å². The summed E-state index contributed by atoms with van der Waals surface area (Å²) in [6, 6.07) is 12.4. The number of para-hydroxylation sites is 1. The Kier molecular flexibility index (Phi) is 5.57. The SMILES string of the molecule is Cc1cccc(C)c1NC(=O)[C@@H](C)N1CCN(c2ccc(F)cc2)CC1. The second-order valence-corrected chi connectivity index (χ2v) is 6.93. The van der Waals surface area contributed by atoms with Gasteiger partial charge in [0.15, 0.2) is 0 Å². The third kappa shape index (κ3) is 4.05. The second kappa shape index (κ2) is 7.87. The first kappa shape index (κ1) is 18.4. The van der Waals surface area contributed by atoms with Crippen LogP contribution in [0.5, 0.6) is 0 Å². The van der Waals surface area contributed by atoms with E-state index < -0.39 is 0 Å². The van der Waals surface area contributed by atoms with Crippen molar-refractivity contribution in [3.05, 3.63) is 59.4 Å². The molecule has 1 aliphatic rings. The van der Waals surface area contributed by atoms with E-state index in [0.29, 0.717) is 0 Å². The number of halogens is 1. The molecular formula is C21H26FN3O. The van der Waals surface area contributed by atoms with Gasteiger partial charge in [0.05, 0.1) is 6.04 Å². The molecule has 1 amide bonds. The van der Waals surface area contributed by atoms with E-state index >= 15 is 0 Å². The van der Waals surface area contributed by atoms with E-state index in [1.54, 1.807) is 0 Å². The molecule has 1 saturated heterocycles. The Morgan fingerprint density at radius 1 is 1.00 bits per heavy atom. The molecule has 0 unspecified atom stereocenters. The monoisotopic (exact) mass is 355 g/mol. The molecule has 138 valence electrons. The first-order valence-corrected chi connectivity index (χ1v) is 9.07. The Hall–Kier alpha value is -2.40. The lowest BCUT2D eigenvalue weighted by atomic mass is 10.1. The van der Waals surface area contributed by atoms with Crippen LogP contribution < -0.4 is 10.2 Å². The molecule has 26 heavy (non-hydrogen) atoms. The first-order chi connectivity index (χ1) is 12.5. The maximum absolute atomic E-state index is 13.1. The summed E-state index contributed by atoms with van der Waals surface area (Å²) in [4.78, 5) is 17.1. The standard InChI is InChI=1S/C21H26FN3O/c1-15-5-4-6-16(2)20(15)23-21(26)17(3)24-11-13-25(14-12-24)19-9-7-18(22)8-10-19/h4-10,17H,11-14H2,1-3H3,(H,23,26)/t17-/m1/s1. The lowest BCUT2D eigenvalue weighted by Crippen LogP contribution is -2.52. The number of benzene rings is 2. The van der Waals surface area contributed by atoms with E-state index in [2.05, 4.69) is 15.1 Å². The quantitative estimate of drug-likeness (QED) is 0.910. The largest absolute Gasteiger partial charge is 0.369 e. The molecule has 0 saturated carbocycles. The molecular weight excluding hydrogens is 329 g/mol. The Bertz CT molecular complexity index is 747. The molecule has 5 heteroatoms. The molecule has 1 atom stereocenters. The van der Waals surface area contributed by atoms with Gasteiger partial charge in [0.1, 0.15) is 5.82 Å². The predicted octanol–water partition coefficient (Wildman–Crippen LogP) is 3.59. The number of carbonyl (C=O) groups excluding carboxylic acids is 1. The number of nitrogens with one attached hydrogen (secondary N) is 1. The number of hydrogen-bond acceptors (Lipinski definition) is 3. The second-order valence-electron chi connectivity index (χ2n) is 6.93. The van der Waals surface area contributed by atoms with Crippen LogP contribution in [0.3, 0.4) is 0 Å². The van der Waals surface area contributed by atoms with E-state index in [1.807, 2.05) is 51.1 Å². The van der Waals surface area contributed by atoms with Gasteiger partial charge in [-0.2, -0.15) is 0 Å².